The van der Waals surface area contributed by atoms with Crippen LogP contribution in [0.1, 0.15) is 68.4 Å². The van der Waals surface area contributed by atoms with Crippen molar-refractivity contribution in [3.8, 4) is 11.8 Å². The van der Waals surface area contributed by atoms with Crippen molar-refractivity contribution in [2.24, 2.45) is 5.92 Å². The first kappa shape index (κ1) is 42.4. The van der Waals surface area contributed by atoms with Gasteiger partial charge in [0.1, 0.15) is 17.9 Å². The van der Waals surface area contributed by atoms with Gasteiger partial charge in [-0.2, -0.15) is 18.4 Å². The average Bonchev–Trinajstić information content (AvgIpc) is 3.35. The molecule has 0 bridgehead atoms. The van der Waals surface area contributed by atoms with Crippen molar-refractivity contribution in [3.63, 3.8) is 0 Å². The van der Waals surface area contributed by atoms with Gasteiger partial charge in [0.15, 0.2) is 10.9 Å². The highest BCUT2D eigenvalue weighted by Crippen LogP contribution is 2.40. The van der Waals surface area contributed by atoms with Gasteiger partial charge < -0.3 is 9.64 Å². The minimum atomic E-state index is -4.79. The number of rotatable bonds is 13. The zero-order valence-corrected chi connectivity index (χ0v) is 33.8. The Morgan fingerprint density at radius 2 is 1.78 bits per heavy atom. The zero-order chi connectivity index (χ0) is 41.9. The lowest BCUT2D eigenvalue weighted by molar-refractivity contribution is -0.138. The van der Waals surface area contributed by atoms with Gasteiger partial charge in [0.25, 0.3) is 5.91 Å². The lowest BCUT2D eigenvalue weighted by Gasteiger charge is -2.39. The number of nitrogens with zero attached hydrogens (tertiary/aromatic N) is 5. The highest BCUT2D eigenvalue weighted by atomic mass is 32.1. The van der Waals surface area contributed by atoms with E-state index in [1.54, 1.807) is 30.9 Å². The SMILES string of the molecule is CCc1cc(N2C(=S)N(c3ccc(C#N)c(C(F)(F)F)c3)C(=O)C2(C)C)ccc1OCCN1CCN(CC(=O)Cc2cccc(CC3CCC(=O)NC3=O)c2)C[C@@H]1C. The first-order valence-electron chi connectivity index (χ1n) is 19.5. The van der Waals surface area contributed by atoms with Crippen molar-refractivity contribution in [3.05, 3.63) is 88.5 Å². The van der Waals surface area contributed by atoms with Crippen LogP contribution in [0.25, 0.3) is 0 Å². The van der Waals surface area contributed by atoms with Crippen molar-refractivity contribution < 1.29 is 37.1 Å². The summed E-state index contributed by atoms with van der Waals surface area (Å²) in [6, 6.07) is 18.1. The van der Waals surface area contributed by atoms with Crippen molar-refractivity contribution in [1.29, 1.82) is 5.26 Å². The predicted molar refractivity (Wildman–Crippen MR) is 216 cm³/mol. The molecule has 0 aliphatic carbocycles. The topological polar surface area (TPSA) is 126 Å². The van der Waals surface area contributed by atoms with Crippen LogP contribution >= 0.6 is 12.2 Å². The van der Waals surface area contributed by atoms with Gasteiger partial charge in [-0.25, -0.2) is 0 Å². The minimum Gasteiger partial charge on any atom is -0.492 e. The molecule has 3 heterocycles. The Hall–Kier alpha value is -5.17. The fourth-order valence-electron chi connectivity index (χ4n) is 8.02. The molecule has 6 rings (SSSR count). The molecule has 3 fully saturated rings. The molecule has 3 amide bonds. The summed E-state index contributed by atoms with van der Waals surface area (Å²) in [7, 11) is 0. The van der Waals surface area contributed by atoms with E-state index in [1.165, 1.54) is 6.07 Å². The van der Waals surface area contributed by atoms with Crippen LogP contribution in [0.15, 0.2) is 60.7 Å². The van der Waals surface area contributed by atoms with E-state index in [-0.39, 0.29) is 40.4 Å². The zero-order valence-electron chi connectivity index (χ0n) is 33.0. The number of Topliss-reactive ketones (excluding diaryl/α,β-unsaturated/α-hetero) is 1. The van der Waals surface area contributed by atoms with Gasteiger partial charge in [0.2, 0.25) is 11.8 Å². The molecule has 0 radical (unpaired) electrons. The van der Waals surface area contributed by atoms with Crippen LogP contribution in [-0.4, -0.2) is 89.3 Å². The van der Waals surface area contributed by atoms with E-state index >= 15 is 0 Å². The second-order valence-corrected chi connectivity index (χ2v) is 16.0. The maximum atomic E-state index is 13.8. The van der Waals surface area contributed by atoms with Gasteiger partial charge >= 0.3 is 6.18 Å². The van der Waals surface area contributed by atoms with Gasteiger partial charge in [-0.15, -0.1) is 0 Å². The predicted octanol–water partition coefficient (Wildman–Crippen LogP) is 5.85. The molecular formula is C43H47F3N6O5S. The normalized spacial score (nSPS) is 20.3. The van der Waals surface area contributed by atoms with E-state index in [4.69, 9.17) is 17.0 Å². The number of benzene rings is 3. The number of hydrogen-bond donors (Lipinski definition) is 1. The standard InChI is InChI=1S/C43H47F3N6O5S/c1-5-30-22-34(52-41(58)51(40(56)42(52,3)4)33-11-9-32(24-47)36(23-33)43(44,45)46)12-13-37(30)57-18-17-50-16-15-49(25-27(50)2)26-35(53)21-29-8-6-7-28(19-29)20-31-10-14-38(54)48-39(31)55/h6-9,11-13,19,22-23,27,31H,5,10,14-18,20-21,25-26H2,1-4H3,(H,48,54,55)/t27-,31?/m0/s1. The summed E-state index contributed by atoms with van der Waals surface area (Å²) in [5.41, 5.74) is 0.384. The highest BCUT2D eigenvalue weighted by molar-refractivity contribution is 7.81. The van der Waals surface area contributed by atoms with E-state index < -0.39 is 28.7 Å². The van der Waals surface area contributed by atoms with Crippen LogP contribution in [-0.2, 0) is 44.6 Å². The third kappa shape index (κ3) is 9.25. The fourth-order valence-corrected chi connectivity index (χ4v) is 8.54. The fraction of sp³-hybridized carbons (Fsp3) is 0.442. The summed E-state index contributed by atoms with van der Waals surface area (Å²) < 4.78 is 47.6. The molecule has 306 valence electrons. The molecule has 3 aromatic carbocycles. The molecule has 11 nitrogen and oxygen atoms in total. The highest BCUT2D eigenvalue weighted by Gasteiger charge is 2.51. The molecule has 3 aliphatic heterocycles. The van der Waals surface area contributed by atoms with Crippen LogP contribution in [0.5, 0.6) is 5.75 Å². The van der Waals surface area contributed by atoms with Crippen molar-refractivity contribution in [2.75, 3.05) is 49.1 Å². The summed E-state index contributed by atoms with van der Waals surface area (Å²) >= 11 is 5.72. The molecule has 1 unspecified atom stereocenters. The van der Waals surface area contributed by atoms with Gasteiger partial charge in [-0.3, -0.25) is 39.2 Å². The van der Waals surface area contributed by atoms with Crippen LogP contribution < -0.4 is 19.9 Å². The van der Waals surface area contributed by atoms with Crippen LogP contribution in [0.3, 0.4) is 0 Å². The van der Waals surface area contributed by atoms with Crippen molar-refractivity contribution in [1.82, 2.24) is 15.1 Å². The lowest BCUT2D eigenvalue weighted by atomic mass is 9.90. The molecule has 1 N–H and O–H groups in total. The average molecular weight is 817 g/mol. The maximum absolute atomic E-state index is 13.8. The third-order valence-electron chi connectivity index (χ3n) is 11.2. The Kier molecular flexibility index (Phi) is 12.7. The van der Waals surface area contributed by atoms with Gasteiger partial charge in [0, 0.05) is 56.7 Å². The number of piperidine rings is 1. The number of alkyl halides is 3. The molecule has 3 aliphatic rings. The molecule has 2 atom stereocenters. The summed E-state index contributed by atoms with van der Waals surface area (Å²) in [4.78, 5) is 57.8. The number of piperazine rings is 1. The number of carbonyl (C=O) groups is 4. The van der Waals surface area contributed by atoms with E-state index in [9.17, 15) is 37.6 Å². The Morgan fingerprint density at radius 3 is 2.47 bits per heavy atom. The Balaban J connectivity index is 1.01. The number of carbonyl (C=O) groups excluding carboxylic acids is 4. The Bertz CT molecular complexity index is 2150. The van der Waals surface area contributed by atoms with Crippen LogP contribution in [0.4, 0.5) is 24.5 Å². The number of nitriles is 1. The van der Waals surface area contributed by atoms with Gasteiger partial charge in [-0.05, 0) is 105 Å². The second kappa shape index (κ2) is 17.4. The monoisotopic (exact) mass is 816 g/mol. The maximum Gasteiger partial charge on any atom is 0.417 e. The number of aryl methyl sites for hydroxylation is 1. The Labute approximate surface area is 341 Å². The molecule has 0 aromatic heterocycles. The number of ketones is 1. The number of ether oxygens (including phenoxy) is 1. The summed E-state index contributed by atoms with van der Waals surface area (Å²) in [5, 5.41) is 11.7. The quantitative estimate of drug-likeness (QED) is 0.166. The molecule has 58 heavy (non-hydrogen) atoms. The van der Waals surface area contributed by atoms with Crippen molar-refractivity contribution in [2.45, 2.75) is 77.6 Å². The second-order valence-electron chi connectivity index (χ2n) is 15.7. The lowest BCUT2D eigenvalue weighted by Crippen LogP contribution is -2.53. The largest absolute Gasteiger partial charge is 0.492 e. The molecule has 15 heteroatoms. The van der Waals surface area contributed by atoms with Gasteiger partial charge in [-0.1, -0.05) is 31.2 Å². The number of amides is 3. The van der Waals surface area contributed by atoms with Gasteiger partial charge in [0.05, 0.1) is 29.4 Å². The minimum absolute atomic E-state index is 0.0228. The number of anilines is 2. The number of imide groups is 1. The molecule has 0 spiro atoms. The van der Waals surface area contributed by atoms with Crippen LogP contribution in [0, 0.1) is 17.2 Å². The van der Waals surface area contributed by atoms with E-state index in [0.717, 1.165) is 53.4 Å². The van der Waals surface area contributed by atoms with E-state index in [0.29, 0.717) is 63.2 Å². The van der Waals surface area contributed by atoms with Crippen molar-refractivity contribution >= 4 is 52.2 Å². The summed E-state index contributed by atoms with van der Waals surface area (Å²) in [6.07, 6.45) is -2.48. The smallest absolute Gasteiger partial charge is 0.417 e. The molecular weight excluding hydrogens is 770 g/mol. The number of halogens is 3. The first-order chi connectivity index (χ1) is 27.5. The van der Waals surface area contributed by atoms with Crippen LogP contribution in [0.2, 0.25) is 0 Å². The number of hydrogen-bond acceptors (Lipinski definition) is 9. The summed E-state index contributed by atoms with van der Waals surface area (Å²) in [5.74, 6) is -0.415. The van der Waals surface area contributed by atoms with E-state index in [1.807, 2.05) is 43.3 Å². The molecule has 3 aromatic rings. The number of thiocarbonyl (C=S) groups is 1. The molecule has 3 saturated heterocycles. The van der Waals surface area contributed by atoms with E-state index in [2.05, 4.69) is 22.0 Å². The Morgan fingerprint density at radius 1 is 1.03 bits per heavy atom. The summed E-state index contributed by atoms with van der Waals surface area (Å²) in [6.45, 7) is 11.1. The first-order valence-corrected chi connectivity index (χ1v) is 19.9. The third-order valence-corrected chi connectivity index (χ3v) is 11.5. The number of nitrogens with one attached hydrogen (secondary N) is 1. The molecule has 0 saturated carbocycles.